The SMILES string of the molecule is O=C1CCC(N2Cc3ccc(CN4CCC(c5n[nH]c6c5CNCC6)CC4)cc3C2=O)C(=O)N1. The summed E-state index contributed by atoms with van der Waals surface area (Å²) >= 11 is 0. The third-order valence-corrected chi connectivity index (χ3v) is 7.81. The van der Waals surface area contributed by atoms with Crippen LogP contribution in [0.25, 0.3) is 0 Å². The first-order chi connectivity index (χ1) is 16.6. The first kappa shape index (κ1) is 21.5. The van der Waals surface area contributed by atoms with E-state index in [1.165, 1.54) is 17.0 Å². The number of aromatic nitrogens is 2. The Morgan fingerprint density at radius 1 is 1.06 bits per heavy atom. The maximum atomic E-state index is 13.1. The smallest absolute Gasteiger partial charge is 0.255 e. The van der Waals surface area contributed by atoms with Crippen LogP contribution in [0.5, 0.6) is 0 Å². The van der Waals surface area contributed by atoms with Gasteiger partial charge in [-0.1, -0.05) is 12.1 Å². The zero-order chi connectivity index (χ0) is 23.2. The van der Waals surface area contributed by atoms with Gasteiger partial charge in [0.15, 0.2) is 0 Å². The third kappa shape index (κ3) is 3.82. The van der Waals surface area contributed by atoms with Gasteiger partial charge in [0.05, 0.1) is 5.69 Å². The molecular weight excluding hydrogens is 432 g/mol. The highest BCUT2D eigenvalue weighted by molar-refractivity contribution is 6.05. The molecule has 34 heavy (non-hydrogen) atoms. The van der Waals surface area contributed by atoms with Gasteiger partial charge in [-0.15, -0.1) is 0 Å². The lowest BCUT2D eigenvalue weighted by molar-refractivity contribution is -0.136. The van der Waals surface area contributed by atoms with Gasteiger partial charge in [0.1, 0.15) is 6.04 Å². The van der Waals surface area contributed by atoms with Gasteiger partial charge in [-0.2, -0.15) is 5.10 Å². The highest BCUT2D eigenvalue weighted by Crippen LogP contribution is 2.33. The van der Waals surface area contributed by atoms with E-state index in [-0.39, 0.29) is 24.1 Å². The molecule has 5 heterocycles. The molecule has 1 unspecified atom stereocenters. The van der Waals surface area contributed by atoms with E-state index in [1.54, 1.807) is 4.90 Å². The number of nitrogens with zero attached hydrogens (tertiary/aromatic N) is 3. The summed E-state index contributed by atoms with van der Waals surface area (Å²) < 4.78 is 0. The fourth-order valence-electron chi connectivity index (χ4n) is 5.91. The monoisotopic (exact) mass is 462 g/mol. The third-order valence-electron chi connectivity index (χ3n) is 7.81. The topological polar surface area (TPSA) is 110 Å². The quantitative estimate of drug-likeness (QED) is 0.589. The minimum Gasteiger partial charge on any atom is -0.322 e. The lowest BCUT2D eigenvalue weighted by atomic mass is 9.89. The average Bonchev–Trinajstić information content (AvgIpc) is 3.41. The second kappa shape index (κ2) is 8.63. The summed E-state index contributed by atoms with van der Waals surface area (Å²) in [5.74, 6) is -0.239. The minimum absolute atomic E-state index is 0.109. The number of amides is 3. The molecule has 0 radical (unpaired) electrons. The molecule has 1 aromatic carbocycles. The number of hydrogen-bond acceptors (Lipinski definition) is 6. The van der Waals surface area contributed by atoms with Crippen LogP contribution in [0, 0.1) is 0 Å². The number of likely N-dealkylation sites (tertiary alicyclic amines) is 1. The van der Waals surface area contributed by atoms with E-state index in [0.29, 0.717) is 24.4 Å². The highest BCUT2D eigenvalue weighted by atomic mass is 16.2. The molecule has 3 N–H and O–H groups in total. The Morgan fingerprint density at radius 2 is 1.91 bits per heavy atom. The fourth-order valence-corrected chi connectivity index (χ4v) is 5.91. The van der Waals surface area contributed by atoms with Crippen LogP contribution >= 0.6 is 0 Å². The lowest BCUT2D eigenvalue weighted by Gasteiger charge is -2.32. The van der Waals surface area contributed by atoms with E-state index >= 15 is 0 Å². The van der Waals surface area contributed by atoms with Crippen molar-refractivity contribution in [1.29, 1.82) is 0 Å². The van der Waals surface area contributed by atoms with Gasteiger partial charge in [-0.25, -0.2) is 0 Å². The van der Waals surface area contributed by atoms with Crippen molar-refractivity contribution in [2.24, 2.45) is 0 Å². The number of fused-ring (bicyclic) bond motifs is 2. The number of rotatable bonds is 4. The normalized spacial score (nSPS) is 23.7. The van der Waals surface area contributed by atoms with Crippen LogP contribution in [0.1, 0.15) is 70.0 Å². The Balaban J connectivity index is 1.09. The van der Waals surface area contributed by atoms with Gasteiger partial charge >= 0.3 is 0 Å². The molecule has 2 fully saturated rings. The number of imide groups is 1. The summed E-state index contributed by atoms with van der Waals surface area (Å²) in [6.07, 6.45) is 3.87. The largest absolute Gasteiger partial charge is 0.322 e. The summed E-state index contributed by atoms with van der Waals surface area (Å²) in [6, 6.07) is 5.54. The van der Waals surface area contributed by atoms with Gasteiger partial charge in [0.25, 0.3) is 5.91 Å². The number of hydrogen-bond donors (Lipinski definition) is 3. The molecule has 4 aliphatic heterocycles. The second-order valence-electron chi connectivity index (χ2n) is 9.93. The summed E-state index contributed by atoms with van der Waals surface area (Å²) in [4.78, 5) is 40.9. The number of carbonyl (C=O) groups is 3. The Morgan fingerprint density at radius 3 is 2.74 bits per heavy atom. The molecular formula is C25H30N6O3. The van der Waals surface area contributed by atoms with Crippen LogP contribution in [-0.4, -0.2) is 63.4 Å². The van der Waals surface area contributed by atoms with Crippen molar-refractivity contribution in [3.63, 3.8) is 0 Å². The Hall–Kier alpha value is -3.04. The van der Waals surface area contributed by atoms with Crippen molar-refractivity contribution in [1.82, 2.24) is 30.6 Å². The van der Waals surface area contributed by atoms with Gasteiger partial charge in [-0.05, 0) is 49.5 Å². The van der Waals surface area contributed by atoms with E-state index in [2.05, 4.69) is 31.8 Å². The Labute approximate surface area is 198 Å². The van der Waals surface area contributed by atoms with Crippen molar-refractivity contribution in [2.75, 3.05) is 19.6 Å². The van der Waals surface area contributed by atoms with Crippen molar-refractivity contribution in [3.05, 3.63) is 51.8 Å². The van der Waals surface area contributed by atoms with Crippen LogP contribution < -0.4 is 10.6 Å². The van der Waals surface area contributed by atoms with Crippen LogP contribution in [-0.2, 0) is 35.6 Å². The Bertz CT molecular complexity index is 1150. The zero-order valence-electron chi connectivity index (χ0n) is 19.2. The molecule has 9 nitrogen and oxygen atoms in total. The number of carbonyl (C=O) groups excluding carboxylic acids is 3. The molecule has 0 bridgehead atoms. The maximum Gasteiger partial charge on any atom is 0.255 e. The van der Waals surface area contributed by atoms with Crippen molar-refractivity contribution in [2.45, 2.75) is 63.7 Å². The molecule has 2 aromatic rings. The molecule has 178 valence electrons. The van der Waals surface area contributed by atoms with Gasteiger partial charge in [0.2, 0.25) is 11.8 Å². The zero-order valence-corrected chi connectivity index (χ0v) is 19.2. The summed E-state index contributed by atoms with van der Waals surface area (Å²) in [7, 11) is 0. The summed E-state index contributed by atoms with van der Waals surface area (Å²) in [5, 5.41) is 13.7. The summed E-state index contributed by atoms with van der Waals surface area (Å²) in [5.41, 5.74) is 6.69. The summed E-state index contributed by atoms with van der Waals surface area (Å²) in [6.45, 7) is 5.18. The second-order valence-corrected chi connectivity index (χ2v) is 9.93. The van der Waals surface area contributed by atoms with Crippen molar-refractivity contribution < 1.29 is 14.4 Å². The van der Waals surface area contributed by atoms with Gasteiger partial charge in [-0.3, -0.25) is 29.7 Å². The Kier molecular flexibility index (Phi) is 5.45. The van der Waals surface area contributed by atoms with Gasteiger partial charge in [0, 0.05) is 61.8 Å². The molecule has 9 heteroatoms. The van der Waals surface area contributed by atoms with Crippen molar-refractivity contribution >= 4 is 17.7 Å². The molecule has 6 rings (SSSR count). The van der Waals surface area contributed by atoms with E-state index < -0.39 is 6.04 Å². The first-order valence-corrected chi connectivity index (χ1v) is 12.3. The molecule has 0 aliphatic carbocycles. The first-order valence-electron chi connectivity index (χ1n) is 12.3. The predicted octanol–water partition coefficient (Wildman–Crippen LogP) is 1.20. The lowest BCUT2D eigenvalue weighted by Crippen LogP contribution is -2.52. The van der Waals surface area contributed by atoms with E-state index in [0.717, 1.165) is 63.1 Å². The molecule has 4 aliphatic rings. The average molecular weight is 463 g/mol. The number of piperidine rings is 2. The van der Waals surface area contributed by atoms with Crippen molar-refractivity contribution in [3.8, 4) is 0 Å². The standard InChI is InChI=1S/C25H30N6O3/c32-22-4-3-21(24(33)27-22)31-14-17-2-1-15(11-18(17)25(31)34)13-30-9-6-16(7-10-30)23-19-12-26-8-5-20(19)28-29-23/h1-2,11,16,21,26H,3-10,12-14H2,(H,28,29)(H,27,32,33). The molecule has 1 aromatic heterocycles. The van der Waals surface area contributed by atoms with Crippen LogP contribution in [0.15, 0.2) is 18.2 Å². The number of H-pyrrole nitrogens is 1. The van der Waals surface area contributed by atoms with Crippen LogP contribution in [0.4, 0.5) is 0 Å². The van der Waals surface area contributed by atoms with E-state index in [1.807, 2.05) is 12.1 Å². The van der Waals surface area contributed by atoms with Crippen LogP contribution in [0.3, 0.4) is 0 Å². The molecule has 0 spiro atoms. The molecule has 3 amide bonds. The molecule has 0 saturated carbocycles. The maximum absolute atomic E-state index is 13.1. The van der Waals surface area contributed by atoms with Gasteiger partial charge < -0.3 is 10.2 Å². The minimum atomic E-state index is -0.567. The number of aromatic amines is 1. The molecule has 2 saturated heterocycles. The van der Waals surface area contributed by atoms with Crippen LogP contribution in [0.2, 0.25) is 0 Å². The number of benzene rings is 1. The van der Waals surface area contributed by atoms with E-state index in [9.17, 15) is 14.4 Å². The fraction of sp³-hybridized carbons (Fsp3) is 0.520. The number of nitrogens with one attached hydrogen (secondary N) is 3. The van der Waals surface area contributed by atoms with E-state index in [4.69, 9.17) is 0 Å². The highest BCUT2D eigenvalue weighted by Gasteiger charge is 2.39. The predicted molar refractivity (Wildman–Crippen MR) is 124 cm³/mol. The molecule has 1 atom stereocenters.